The number of nitrogens with zero attached hydrogens (tertiary/aromatic N) is 3. The molecule has 0 bridgehead atoms. The Balaban J connectivity index is 1.76. The molecule has 0 saturated heterocycles. The fraction of sp³-hybridized carbons (Fsp3) is 0.214. The summed E-state index contributed by atoms with van der Waals surface area (Å²) in [6, 6.07) is 7.52. The van der Waals surface area contributed by atoms with Gasteiger partial charge < -0.3 is 4.42 Å². The maximum atomic E-state index is 5.90. The van der Waals surface area contributed by atoms with E-state index in [9.17, 15) is 0 Å². The number of H-pyrrole nitrogens is 1. The molecule has 1 N–H and O–H groups in total. The fourth-order valence-electron chi connectivity index (χ4n) is 1.90. The first kappa shape index (κ1) is 14.2. The number of oxazole rings is 1. The van der Waals surface area contributed by atoms with Crippen molar-refractivity contribution in [2.24, 2.45) is 0 Å². The van der Waals surface area contributed by atoms with Gasteiger partial charge in [0, 0.05) is 10.6 Å². The van der Waals surface area contributed by atoms with Crippen molar-refractivity contribution in [2.45, 2.75) is 24.8 Å². The highest BCUT2D eigenvalue weighted by atomic mass is 35.5. The van der Waals surface area contributed by atoms with E-state index in [1.165, 1.54) is 11.8 Å². The summed E-state index contributed by atoms with van der Waals surface area (Å²) in [5.41, 5.74) is 1.83. The lowest BCUT2D eigenvalue weighted by Crippen LogP contribution is -1.82. The van der Waals surface area contributed by atoms with Crippen molar-refractivity contribution in [1.29, 1.82) is 0 Å². The number of benzene rings is 1. The molecule has 0 aliphatic carbocycles. The van der Waals surface area contributed by atoms with Gasteiger partial charge in [-0.1, -0.05) is 23.4 Å². The Morgan fingerprint density at radius 2 is 1.95 bits per heavy atom. The molecule has 108 valence electrons. The zero-order valence-electron chi connectivity index (χ0n) is 11.6. The van der Waals surface area contributed by atoms with Gasteiger partial charge in [-0.3, -0.25) is 5.10 Å². The third kappa shape index (κ3) is 3.28. The lowest BCUT2D eigenvalue weighted by Gasteiger charge is -1.97. The van der Waals surface area contributed by atoms with Gasteiger partial charge in [-0.15, -0.1) is 5.10 Å². The molecule has 0 aliphatic heterocycles. The summed E-state index contributed by atoms with van der Waals surface area (Å²) in [6.07, 6.45) is 0. The maximum Gasteiger partial charge on any atom is 0.208 e. The number of nitrogens with one attached hydrogen (secondary N) is 1. The number of thioether (sulfide) groups is 1. The van der Waals surface area contributed by atoms with Crippen LogP contribution in [0.2, 0.25) is 5.02 Å². The Hall–Kier alpha value is -1.79. The summed E-state index contributed by atoms with van der Waals surface area (Å²) in [6.45, 7) is 3.80. The van der Waals surface area contributed by atoms with Crippen LogP contribution in [0.5, 0.6) is 0 Å². The topological polar surface area (TPSA) is 67.6 Å². The molecule has 1 aromatic carbocycles. The van der Waals surface area contributed by atoms with E-state index < -0.39 is 0 Å². The van der Waals surface area contributed by atoms with Gasteiger partial charge in [0.1, 0.15) is 5.82 Å². The molecule has 7 heteroatoms. The minimum absolute atomic E-state index is 0.589. The van der Waals surface area contributed by atoms with Gasteiger partial charge >= 0.3 is 0 Å². The third-order valence-electron chi connectivity index (χ3n) is 2.85. The Morgan fingerprint density at radius 1 is 1.19 bits per heavy atom. The molecule has 0 amide bonds. The van der Waals surface area contributed by atoms with Crippen LogP contribution in [0.1, 0.15) is 17.4 Å². The second-order valence-corrected chi connectivity index (χ2v) is 5.90. The number of hydrogen-bond acceptors (Lipinski definition) is 5. The van der Waals surface area contributed by atoms with Gasteiger partial charge in [0.15, 0.2) is 5.76 Å². The Kier molecular flexibility index (Phi) is 3.98. The van der Waals surface area contributed by atoms with E-state index in [0.717, 1.165) is 22.8 Å². The van der Waals surface area contributed by atoms with Crippen molar-refractivity contribution in [2.75, 3.05) is 0 Å². The second kappa shape index (κ2) is 5.91. The molecule has 0 spiro atoms. The summed E-state index contributed by atoms with van der Waals surface area (Å²) in [5, 5.41) is 8.27. The van der Waals surface area contributed by atoms with Crippen molar-refractivity contribution in [3.8, 4) is 11.3 Å². The van der Waals surface area contributed by atoms with Crippen LogP contribution in [0.25, 0.3) is 11.3 Å². The van der Waals surface area contributed by atoms with E-state index in [0.29, 0.717) is 21.8 Å². The smallest absolute Gasteiger partial charge is 0.208 e. The van der Waals surface area contributed by atoms with Crippen molar-refractivity contribution in [3.63, 3.8) is 0 Å². The molecule has 0 atom stereocenters. The average Bonchev–Trinajstić information content (AvgIpc) is 3.04. The first-order valence-electron chi connectivity index (χ1n) is 6.36. The molecular formula is C14H13ClN4OS. The summed E-state index contributed by atoms with van der Waals surface area (Å²) in [5.74, 6) is 2.81. The molecule has 21 heavy (non-hydrogen) atoms. The molecule has 0 fully saturated rings. The molecule has 3 rings (SSSR count). The third-order valence-corrected chi connectivity index (χ3v) is 3.93. The van der Waals surface area contributed by atoms with Crippen LogP contribution >= 0.6 is 23.4 Å². The lowest BCUT2D eigenvalue weighted by molar-refractivity contribution is 0.529. The Bertz CT molecular complexity index is 751. The van der Waals surface area contributed by atoms with Crippen LogP contribution in [0, 0.1) is 13.8 Å². The Labute approximate surface area is 131 Å². The first-order valence-corrected chi connectivity index (χ1v) is 7.72. The van der Waals surface area contributed by atoms with Gasteiger partial charge in [-0.05, 0) is 38.1 Å². The monoisotopic (exact) mass is 320 g/mol. The summed E-state index contributed by atoms with van der Waals surface area (Å²) in [4.78, 5) is 8.68. The van der Waals surface area contributed by atoms with Gasteiger partial charge in [0.05, 0.1) is 11.4 Å². The van der Waals surface area contributed by atoms with Crippen LogP contribution in [0.15, 0.2) is 33.8 Å². The maximum absolute atomic E-state index is 5.90. The number of hydrogen-bond donors (Lipinski definition) is 1. The van der Waals surface area contributed by atoms with Crippen LogP contribution in [-0.4, -0.2) is 20.2 Å². The lowest BCUT2D eigenvalue weighted by atomic mass is 10.1. The van der Waals surface area contributed by atoms with Gasteiger partial charge in [0.2, 0.25) is 11.0 Å². The van der Waals surface area contributed by atoms with Crippen molar-refractivity contribution in [3.05, 3.63) is 46.7 Å². The van der Waals surface area contributed by atoms with Crippen molar-refractivity contribution >= 4 is 23.4 Å². The molecule has 0 aliphatic rings. The molecular weight excluding hydrogens is 308 g/mol. The van der Waals surface area contributed by atoms with Gasteiger partial charge in [-0.2, -0.15) is 0 Å². The van der Waals surface area contributed by atoms with E-state index in [1.54, 1.807) is 0 Å². The van der Waals surface area contributed by atoms with Crippen molar-refractivity contribution < 1.29 is 4.42 Å². The standard InChI is InChI=1S/C14H13ClN4OS/c1-8-13(10-3-5-11(15)6-4-10)20-12(16-8)7-21-14-17-9(2)18-19-14/h3-6H,7H2,1-2H3,(H,17,18,19). The molecule has 0 unspecified atom stereocenters. The molecule has 2 heterocycles. The number of aromatic amines is 1. The molecule has 5 nitrogen and oxygen atoms in total. The highest BCUT2D eigenvalue weighted by molar-refractivity contribution is 7.98. The first-order chi connectivity index (χ1) is 10.1. The van der Waals surface area contributed by atoms with E-state index in [2.05, 4.69) is 20.2 Å². The fourth-order valence-corrected chi connectivity index (χ4v) is 2.71. The zero-order valence-corrected chi connectivity index (χ0v) is 13.1. The van der Waals surface area contributed by atoms with Crippen LogP contribution in [-0.2, 0) is 5.75 Å². The normalized spacial score (nSPS) is 11.0. The highest BCUT2D eigenvalue weighted by Gasteiger charge is 2.13. The minimum Gasteiger partial charge on any atom is -0.440 e. The molecule has 2 aromatic heterocycles. The number of aromatic nitrogens is 4. The van der Waals surface area contributed by atoms with Crippen LogP contribution in [0.3, 0.4) is 0 Å². The predicted octanol–water partition coefficient (Wildman–Crippen LogP) is 4.02. The molecule has 3 aromatic rings. The van der Waals surface area contributed by atoms with Gasteiger partial charge in [0.25, 0.3) is 0 Å². The molecule has 0 saturated carbocycles. The van der Waals surface area contributed by atoms with E-state index >= 15 is 0 Å². The summed E-state index contributed by atoms with van der Waals surface area (Å²) in [7, 11) is 0. The number of rotatable bonds is 4. The Morgan fingerprint density at radius 3 is 2.62 bits per heavy atom. The van der Waals surface area contributed by atoms with E-state index in [4.69, 9.17) is 16.0 Å². The highest BCUT2D eigenvalue weighted by Crippen LogP contribution is 2.28. The van der Waals surface area contributed by atoms with E-state index in [1.807, 2.05) is 38.1 Å². The van der Waals surface area contributed by atoms with Crippen LogP contribution in [0.4, 0.5) is 0 Å². The predicted molar refractivity (Wildman–Crippen MR) is 82.4 cm³/mol. The second-order valence-electron chi connectivity index (χ2n) is 4.52. The minimum atomic E-state index is 0.589. The summed E-state index contributed by atoms with van der Waals surface area (Å²) >= 11 is 7.38. The largest absolute Gasteiger partial charge is 0.440 e. The van der Waals surface area contributed by atoms with Crippen LogP contribution < -0.4 is 0 Å². The zero-order chi connectivity index (χ0) is 14.8. The number of aryl methyl sites for hydroxylation is 2. The van der Waals surface area contributed by atoms with Crippen molar-refractivity contribution in [1.82, 2.24) is 20.2 Å². The number of halogens is 1. The molecule has 0 radical (unpaired) electrons. The quantitative estimate of drug-likeness (QED) is 0.735. The SMILES string of the molecule is Cc1nc(SCc2nc(C)c(-c3ccc(Cl)cc3)o2)n[nH]1. The van der Waals surface area contributed by atoms with Gasteiger partial charge in [-0.25, -0.2) is 9.97 Å². The average molecular weight is 321 g/mol. The summed E-state index contributed by atoms with van der Waals surface area (Å²) < 4.78 is 5.83. The van der Waals surface area contributed by atoms with E-state index in [-0.39, 0.29) is 0 Å².